The number of benzene rings is 1. The second kappa shape index (κ2) is 6.01. The van der Waals surface area contributed by atoms with Crippen LogP contribution in [-0.4, -0.2) is 42.0 Å². The molecular weight excluding hydrogens is 370 g/mol. The van der Waals surface area contributed by atoms with Gasteiger partial charge in [0.25, 0.3) is 5.91 Å². The van der Waals surface area contributed by atoms with Crippen LogP contribution in [0.1, 0.15) is 29.6 Å². The Morgan fingerprint density at radius 1 is 1.17 bits per heavy atom. The second-order valence-electron chi connectivity index (χ2n) is 6.96. The summed E-state index contributed by atoms with van der Waals surface area (Å²) in [6.07, 6.45) is 3.28. The molecule has 3 heterocycles. The quantitative estimate of drug-likeness (QED) is 0.787. The third-order valence-electron chi connectivity index (χ3n) is 5.48. The first-order valence-electron chi connectivity index (χ1n) is 8.39. The number of carbonyl (C=O) groups is 1. The Morgan fingerprint density at radius 2 is 1.96 bits per heavy atom. The van der Waals surface area contributed by atoms with Gasteiger partial charge in [-0.3, -0.25) is 9.59 Å². The van der Waals surface area contributed by atoms with Crippen LogP contribution in [0.4, 0.5) is 0 Å². The molecule has 2 aliphatic rings. The molecule has 0 radical (unpaired) electrons. The van der Waals surface area contributed by atoms with Crippen LogP contribution in [0.15, 0.2) is 33.5 Å². The summed E-state index contributed by atoms with van der Waals surface area (Å²) in [5, 5.41) is 4.23. The molecule has 4 rings (SSSR count). The number of likely N-dealkylation sites (tertiary alicyclic amines) is 1. The first kappa shape index (κ1) is 15.8. The van der Waals surface area contributed by atoms with Crippen LogP contribution in [0, 0.1) is 5.41 Å². The fourth-order valence-corrected chi connectivity index (χ4v) is 4.34. The Hall–Kier alpha value is -1.66. The first-order chi connectivity index (χ1) is 11.6. The number of carbonyl (C=O) groups excluding carboxylic acids is 1. The molecule has 0 bridgehead atoms. The lowest BCUT2D eigenvalue weighted by Crippen LogP contribution is -2.44. The van der Waals surface area contributed by atoms with E-state index in [9.17, 15) is 9.59 Å². The third-order valence-corrected chi connectivity index (χ3v) is 5.97. The summed E-state index contributed by atoms with van der Waals surface area (Å²) in [5.41, 5.74) is 1.33. The molecule has 126 valence electrons. The molecule has 1 spiro atoms. The number of fused-ring (bicyclic) bond motifs is 1. The number of pyridine rings is 1. The summed E-state index contributed by atoms with van der Waals surface area (Å²) in [4.78, 5) is 29.7. The lowest BCUT2D eigenvalue weighted by Gasteiger charge is -2.39. The highest BCUT2D eigenvalue weighted by molar-refractivity contribution is 9.10. The number of H-pyrrole nitrogens is 1. The molecule has 0 saturated carbocycles. The number of hydrogen-bond donors (Lipinski definition) is 2. The summed E-state index contributed by atoms with van der Waals surface area (Å²) >= 11 is 3.45. The van der Waals surface area contributed by atoms with Crippen LogP contribution in [-0.2, 0) is 0 Å². The van der Waals surface area contributed by atoms with Crippen molar-refractivity contribution in [2.24, 2.45) is 5.41 Å². The molecule has 0 atom stereocenters. The van der Waals surface area contributed by atoms with Crippen molar-refractivity contribution < 1.29 is 4.79 Å². The van der Waals surface area contributed by atoms with Crippen molar-refractivity contribution in [1.29, 1.82) is 0 Å². The molecule has 2 aromatic rings. The summed E-state index contributed by atoms with van der Waals surface area (Å²) < 4.78 is 0.894. The van der Waals surface area contributed by atoms with Gasteiger partial charge in [-0.25, -0.2) is 0 Å². The maximum atomic E-state index is 13.0. The van der Waals surface area contributed by atoms with Gasteiger partial charge in [0.05, 0.1) is 5.56 Å². The molecule has 1 aromatic carbocycles. The smallest absolute Gasteiger partial charge is 0.254 e. The highest BCUT2D eigenvalue weighted by Gasteiger charge is 2.38. The fraction of sp³-hybridized carbons (Fsp3) is 0.444. The van der Waals surface area contributed by atoms with E-state index in [1.807, 2.05) is 23.1 Å². The van der Waals surface area contributed by atoms with Crippen molar-refractivity contribution >= 4 is 32.7 Å². The molecule has 2 aliphatic heterocycles. The Bertz CT molecular complexity index is 845. The van der Waals surface area contributed by atoms with E-state index in [4.69, 9.17) is 0 Å². The monoisotopic (exact) mass is 389 g/mol. The molecule has 5 nitrogen and oxygen atoms in total. The number of aromatic amines is 1. The zero-order valence-corrected chi connectivity index (χ0v) is 15.0. The lowest BCUT2D eigenvalue weighted by molar-refractivity contribution is 0.0609. The number of nitrogens with one attached hydrogen (secondary N) is 2. The van der Waals surface area contributed by atoms with E-state index in [1.54, 1.807) is 0 Å². The minimum Gasteiger partial charge on any atom is -0.339 e. The Kier molecular flexibility index (Phi) is 3.96. The van der Waals surface area contributed by atoms with Crippen LogP contribution >= 0.6 is 15.9 Å². The zero-order chi connectivity index (χ0) is 16.7. The normalized spacial score (nSPS) is 20.0. The van der Waals surface area contributed by atoms with E-state index < -0.39 is 0 Å². The third kappa shape index (κ3) is 2.78. The highest BCUT2D eigenvalue weighted by Crippen LogP contribution is 2.37. The number of amides is 1. The molecule has 24 heavy (non-hydrogen) atoms. The maximum absolute atomic E-state index is 13.0. The lowest BCUT2D eigenvalue weighted by atomic mass is 9.77. The predicted molar refractivity (Wildman–Crippen MR) is 97.3 cm³/mol. The van der Waals surface area contributed by atoms with Gasteiger partial charge in [0, 0.05) is 41.1 Å². The number of nitrogens with zero attached hydrogens (tertiary/aromatic N) is 1. The largest absolute Gasteiger partial charge is 0.339 e. The Labute approximate surface area is 148 Å². The molecule has 0 aliphatic carbocycles. The number of rotatable bonds is 1. The van der Waals surface area contributed by atoms with Crippen LogP contribution in [0.2, 0.25) is 0 Å². The van der Waals surface area contributed by atoms with Gasteiger partial charge < -0.3 is 15.2 Å². The average molecular weight is 390 g/mol. The molecule has 0 unspecified atom stereocenters. The minimum absolute atomic E-state index is 0.0370. The summed E-state index contributed by atoms with van der Waals surface area (Å²) in [6.45, 7) is 3.68. The first-order valence-corrected chi connectivity index (χ1v) is 9.18. The van der Waals surface area contributed by atoms with Crippen molar-refractivity contribution in [3.63, 3.8) is 0 Å². The van der Waals surface area contributed by atoms with Crippen molar-refractivity contribution in [2.75, 3.05) is 26.2 Å². The van der Waals surface area contributed by atoms with Gasteiger partial charge in [-0.1, -0.05) is 15.9 Å². The van der Waals surface area contributed by atoms with Crippen molar-refractivity contribution in [1.82, 2.24) is 15.2 Å². The maximum Gasteiger partial charge on any atom is 0.254 e. The summed E-state index contributed by atoms with van der Waals surface area (Å²) in [7, 11) is 0. The Balaban J connectivity index is 1.64. The summed E-state index contributed by atoms with van der Waals surface area (Å²) in [6, 6.07) is 7.01. The molecule has 2 N–H and O–H groups in total. The SMILES string of the molecule is O=C(c1cc(=O)[nH]c2ccc(Br)cc12)N1CCC2(CCNC2)CC1. The number of piperidine rings is 1. The molecule has 1 amide bonds. The average Bonchev–Trinajstić information content (AvgIpc) is 3.03. The molecule has 6 heteroatoms. The zero-order valence-electron chi connectivity index (χ0n) is 13.4. The van der Waals surface area contributed by atoms with E-state index in [-0.39, 0.29) is 11.5 Å². The van der Waals surface area contributed by atoms with Crippen molar-refractivity contribution in [3.8, 4) is 0 Å². The van der Waals surface area contributed by atoms with E-state index in [2.05, 4.69) is 26.2 Å². The molecule has 2 fully saturated rings. The van der Waals surface area contributed by atoms with Gasteiger partial charge in [0.15, 0.2) is 0 Å². The van der Waals surface area contributed by atoms with Crippen LogP contribution in [0.3, 0.4) is 0 Å². The standard InChI is InChI=1S/C18H20BrN3O2/c19-12-1-2-15-13(9-12)14(10-16(23)21-15)17(24)22-7-4-18(5-8-22)3-6-20-11-18/h1-2,9-10,20H,3-8,11H2,(H,21,23). The number of halogens is 1. The van der Waals surface area contributed by atoms with Crippen molar-refractivity contribution in [2.45, 2.75) is 19.3 Å². The minimum atomic E-state index is -0.235. The second-order valence-corrected chi connectivity index (χ2v) is 7.87. The van der Waals surface area contributed by atoms with Gasteiger partial charge in [-0.15, -0.1) is 0 Å². The highest BCUT2D eigenvalue weighted by atomic mass is 79.9. The molecule has 2 saturated heterocycles. The van der Waals surface area contributed by atoms with E-state index in [0.717, 1.165) is 48.9 Å². The van der Waals surface area contributed by atoms with Gasteiger partial charge in [-0.2, -0.15) is 0 Å². The van der Waals surface area contributed by atoms with Crippen LogP contribution < -0.4 is 10.9 Å². The van der Waals surface area contributed by atoms with Crippen LogP contribution in [0.5, 0.6) is 0 Å². The molecule has 1 aromatic heterocycles. The molecular formula is C18H20BrN3O2. The van der Waals surface area contributed by atoms with E-state index in [0.29, 0.717) is 16.5 Å². The van der Waals surface area contributed by atoms with E-state index in [1.165, 1.54) is 12.5 Å². The Morgan fingerprint density at radius 3 is 2.67 bits per heavy atom. The fourth-order valence-electron chi connectivity index (χ4n) is 3.98. The van der Waals surface area contributed by atoms with Gasteiger partial charge in [0.1, 0.15) is 0 Å². The van der Waals surface area contributed by atoms with Gasteiger partial charge in [0.2, 0.25) is 5.56 Å². The predicted octanol–water partition coefficient (Wildman–Crippen LogP) is 2.51. The number of aromatic nitrogens is 1. The number of hydrogen-bond acceptors (Lipinski definition) is 3. The van der Waals surface area contributed by atoms with Crippen molar-refractivity contribution in [3.05, 3.63) is 44.7 Å². The summed E-state index contributed by atoms with van der Waals surface area (Å²) in [5.74, 6) is -0.0370. The van der Waals surface area contributed by atoms with Gasteiger partial charge in [-0.05, 0) is 49.4 Å². The van der Waals surface area contributed by atoms with E-state index >= 15 is 0 Å². The topological polar surface area (TPSA) is 65.2 Å². The van der Waals surface area contributed by atoms with Gasteiger partial charge >= 0.3 is 0 Å². The van der Waals surface area contributed by atoms with Crippen LogP contribution in [0.25, 0.3) is 10.9 Å².